The number of carbonyl (C=O) groups excluding carboxylic acids is 1. The van der Waals surface area contributed by atoms with E-state index >= 15 is 0 Å². The standard InChI is InChI=1S/C16H22F3N3O.C3H8.C2H2/c1-10(16(17,18)19)7-12-9-22(6-5-14(12)21-2)15(23)11-3-4-13(20)8-11;1-3-2;1-2/h7,11,13H,2-6,8-9,20H2,1H3;3H2,1-2H3;1-2H/b10-7+;;. The van der Waals surface area contributed by atoms with Crippen molar-refractivity contribution < 1.29 is 18.0 Å². The number of hydrogen-bond donors (Lipinski definition) is 1. The molecule has 2 unspecified atom stereocenters. The highest BCUT2D eigenvalue weighted by Crippen LogP contribution is 2.31. The van der Waals surface area contributed by atoms with Crippen LogP contribution in [0.3, 0.4) is 0 Å². The molecule has 2 atom stereocenters. The van der Waals surface area contributed by atoms with E-state index in [2.05, 4.69) is 38.4 Å². The van der Waals surface area contributed by atoms with Crippen LogP contribution in [0.2, 0.25) is 0 Å². The molecule has 7 heteroatoms. The summed E-state index contributed by atoms with van der Waals surface area (Å²) in [5.41, 5.74) is 6.08. The van der Waals surface area contributed by atoms with E-state index in [-0.39, 0.29) is 24.4 Å². The monoisotopic (exact) mass is 399 g/mol. The number of alkyl halides is 3. The fourth-order valence-electron chi connectivity index (χ4n) is 3.12. The fourth-order valence-corrected chi connectivity index (χ4v) is 3.12. The molecule has 2 N–H and O–H groups in total. The molecule has 0 aromatic carbocycles. The lowest BCUT2D eigenvalue weighted by Gasteiger charge is -2.31. The number of hydrogen-bond acceptors (Lipinski definition) is 3. The summed E-state index contributed by atoms with van der Waals surface area (Å²) < 4.78 is 38.2. The largest absolute Gasteiger partial charge is 0.412 e. The lowest BCUT2D eigenvalue weighted by Crippen LogP contribution is -2.40. The molecule has 1 saturated carbocycles. The number of nitrogens with zero attached hydrogens (tertiary/aromatic N) is 2. The van der Waals surface area contributed by atoms with Crippen molar-refractivity contribution in [3.05, 3.63) is 22.9 Å². The third-order valence-electron chi connectivity index (χ3n) is 4.51. The first kappa shape index (κ1) is 25.9. The third-order valence-corrected chi connectivity index (χ3v) is 4.51. The van der Waals surface area contributed by atoms with Crippen LogP contribution in [0.15, 0.2) is 27.9 Å². The highest BCUT2D eigenvalue weighted by molar-refractivity contribution is 5.80. The predicted molar refractivity (Wildman–Crippen MR) is 109 cm³/mol. The van der Waals surface area contributed by atoms with Crippen molar-refractivity contribution >= 4 is 12.6 Å². The Morgan fingerprint density at radius 3 is 2.36 bits per heavy atom. The summed E-state index contributed by atoms with van der Waals surface area (Å²) in [6, 6.07) is 0.0431. The van der Waals surface area contributed by atoms with Gasteiger partial charge in [-0.15, -0.1) is 12.8 Å². The molecule has 1 fully saturated rings. The number of terminal acetylenes is 1. The van der Waals surface area contributed by atoms with Gasteiger partial charge in [0.15, 0.2) is 0 Å². The highest BCUT2D eigenvalue weighted by Gasteiger charge is 2.34. The summed E-state index contributed by atoms with van der Waals surface area (Å²) in [5, 5.41) is 0. The van der Waals surface area contributed by atoms with Crippen LogP contribution in [-0.2, 0) is 4.79 Å². The molecule has 2 rings (SSSR count). The average molecular weight is 400 g/mol. The second-order valence-corrected chi connectivity index (χ2v) is 6.94. The second kappa shape index (κ2) is 12.4. The second-order valence-electron chi connectivity index (χ2n) is 6.94. The minimum Gasteiger partial charge on any atom is -0.338 e. The number of aliphatic imine (C=N–C) groups is 1. The van der Waals surface area contributed by atoms with Gasteiger partial charge in [0, 0.05) is 42.7 Å². The van der Waals surface area contributed by atoms with Crippen LogP contribution in [0.25, 0.3) is 0 Å². The fraction of sp³-hybridized carbons (Fsp3) is 0.619. The molecule has 0 bridgehead atoms. The Labute approximate surface area is 166 Å². The van der Waals surface area contributed by atoms with E-state index in [4.69, 9.17) is 5.73 Å². The smallest absolute Gasteiger partial charge is 0.338 e. The van der Waals surface area contributed by atoms with Gasteiger partial charge in [-0.3, -0.25) is 9.79 Å². The molecule has 0 spiro atoms. The van der Waals surface area contributed by atoms with E-state index in [1.54, 1.807) is 4.90 Å². The van der Waals surface area contributed by atoms with Crippen LogP contribution in [0.5, 0.6) is 0 Å². The van der Waals surface area contributed by atoms with Gasteiger partial charge in [0.2, 0.25) is 5.91 Å². The van der Waals surface area contributed by atoms with Crippen molar-refractivity contribution in [1.29, 1.82) is 0 Å². The van der Waals surface area contributed by atoms with E-state index < -0.39 is 11.7 Å². The van der Waals surface area contributed by atoms with Crippen molar-refractivity contribution in [1.82, 2.24) is 4.90 Å². The summed E-state index contributed by atoms with van der Waals surface area (Å²) in [6.07, 6.45) is 8.58. The number of halogens is 3. The van der Waals surface area contributed by atoms with Crippen LogP contribution in [-0.4, -0.2) is 42.8 Å². The van der Waals surface area contributed by atoms with Gasteiger partial charge in [0.25, 0.3) is 0 Å². The summed E-state index contributed by atoms with van der Waals surface area (Å²) in [4.78, 5) is 18.0. The Morgan fingerprint density at radius 2 is 1.93 bits per heavy atom. The van der Waals surface area contributed by atoms with E-state index in [9.17, 15) is 18.0 Å². The van der Waals surface area contributed by atoms with Gasteiger partial charge in [-0.2, -0.15) is 13.2 Å². The number of allylic oxidation sites excluding steroid dienone is 1. The lowest BCUT2D eigenvalue weighted by molar-refractivity contribution is -0.135. The van der Waals surface area contributed by atoms with E-state index in [0.717, 1.165) is 25.8 Å². The maximum Gasteiger partial charge on any atom is 0.412 e. The Hall–Kier alpha value is -2.07. The normalized spacial score (nSPS) is 22.6. The van der Waals surface area contributed by atoms with Crippen molar-refractivity contribution in [3.8, 4) is 12.8 Å². The molecular formula is C21H32F3N3O. The van der Waals surface area contributed by atoms with Gasteiger partial charge in [-0.25, -0.2) is 0 Å². The molecule has 4 nitrogen and oxygen atoms in total. The SMILES string of the molecule is C#C.C=NC1=C(/C=C(\C)C(F)(F)F)CN(C(=O)C2CCC(N)C2)CC1.CCC. The summed E-state index contributed by atoms with van der Waals surface area (Å²) >= 11 is 0. The molecule has 2 aliphatic rings. The summed E-state index contributed by atoms with van der Waals surface area (Å²) in [6.45, 7) is 9.30. The zero-order valence-corrected chi connectivity index (χ0v) is 17.1. The molecule has 0 saturated heterocycles. The van der Waals surface area contributed by atoms with Crippen molar-refractivity contribution in [3.63, 3.8) is 0 Å². The van der Waals surface area contributed by atoms with Gasteiger partial charge in [0.1, 0.15) is 0 Å². The van der Waals surface area contributed by atoms with Gasteiger partial charge in [-0.05, 0) is 44.6 Å². The summed E-state index contributed by atoms with van der Waals surface area (Å²) in [5.74, 6) is -0.131. The molecule has 1 aliphatic heterocycles. The Bertz CT molecular complexity index is 606. The molecule has 28 heavy (non-hydrogen) atoms. The quantitative estimate of drug-likeness (QED) is 0.562. The lowest BCUT2D eigenvalue weighted by atomic mass is 10.00. The van der Waals surface area contributed by atoms with Crippen LogP contribution in [0.1, 0.15) is 52.9 Å². The van der Waals surface area contributed by atoms with Crippen LogP contribution >= 0.6 is 0 Å². The zero-order chi connectivity index (χ0) is 21.9. The van der Waals surface area contributed by atoms with E-state index in [1.165, 1.54) is 6.42 Å². The van der Waals surface area contributed by atoms with Crippen molar-refractivity contribution in [2.45, 2.75) is 65.1 Å². The molecule has 158 valence electrons. The third kappa shape index (κ3) is 7.89. The minimum absolute atomic E-state index is 0.0170. The molecular weight excluding hydrogens is 367 g/mol. The Morgan fingerprint density at radius 1 is 1.36 bits per heavy atom. The van der Waals surface area contributed by atoms with Gasteiger partial charge in [0.05, 0.1) is 0 Å². The van der Waals surface area contributed by atoms with Crippen LogP contribution in [0, 0.1) is 18.8 Å². The Kier molecular flexibility index (Phi) is 11.5. The molecule has 0 aromatic heterocycles. The van der Waals surface area contributed by atoms with Gasteiger partial charge in [-0.1, -0.05) is 20.3 Å². The minimum atomic E-state index is -4.39. The van der Waals surface area contributed by atoms with E-state index in [1.807, 2.05) is 0 Å². The maximum atomic E-state index is 12.7. The first-order chi connectivity index (χ1) is 13.1. The predicted octanol–water partition coefficient (Wildman–Crippen LogP) is 4.48. The molecule has 1 aliphatic carbocycles. The molecule has 0 radical (unpaired) electrons. The first-order valence-electron chi connectivity index (χ1n) is 9.45. The van der Waals surface area contributed by atoms with Crippen molar-refractivity contribution in [2.75, 3.05) is 13.1 Å². The van der Waals surface area contributed by atoms with Crippen LogP contribution in [0.4, 0.5) is 13.2 Å². The highest BCUT2D eigenvalue weighted by atomic mass is 19.4. The molecule has 1 heterocycles. The topological polar surface area (TPSA) is 58.7 Å². The number of carbonyl (C=O) groups is 1. The summed E-state index contributed by atoms with van der Waals surface area (Å²) in [7, 11) is 0. The zero-order valence-electron chi connectivity index (χ0n) is 17.1. The van der Waals surface area contributed by atoms with Crippen molar-refractivity contribution in [2.24, 2.45) is 16.6 Å². The number of rotatable bonds is 3. The van der Waals surface area contributed by atoms with Gasteiger partial charge < -0.3 is 10.6 Å². The number of nitrogens with two attached hydrogens (primary N) is 1. The molecule has 0 aromatic rings. The van der Waals surface area contributed by atoms with Crippen LogP contribution < -0.4 is 5.73 Å². The Balaban J connectivity index is 0.00000133. The maximum absolute atomic E-state index is 12.7. The molecule has 1 amide bonds. The van der Waals surface area contributed by atoms with E-state index in [0.29, 0.717) is 30.7 Å². The first-order valence-corrected chi connectivity index (χ1v) is 9.45. The average Bonchev–Trinajstić information content (AvgIpc) is 3.09. The van der Waals surface area contributed by atoms with Gasteiger partial charge >= 0.3 is 6.18 Å². The number of amides is 1.